The van der Waals surface area contributed by atoms with Gasteiger partial charge in [0.1, 0.15) is 5.82 Å². The zero-order valence-electron chi connectivity index (χ0n) is 11.3. The molecular formula is C15H19N3S. The number of anilines is 1. The molecule has 1 aromatic heterocycles. The molecule has 1 aliphatic heterocycles. The molecule has 0 bridgehead atoms. The molecule has 0 saturated carbocycles. The van der Waals surface area contributed by atoms with Crippen LogP contribution in [0.15, 0.2) is 29.4 Å². The first-order valence-corrected chi connectivity index (χ1v) is 8.01. The number of rotatable bonds is 3. The van der Waals surface area contributed by atoms with Gasteiger partial charge in [-0.1, -0.05) is 30.8 Å². The van der Waals surface area contributed by atoms with Gasteiger partial charge in [-0.3, -0.25) is 0 Å². The summed E-state index contributed by atoms with van der Waals surface area (Å²) in [6, 6.07) is 8.35. The summed E-state index contributed by atoms with van der Waals surface area (Å²) in [5.74, 6) is 2.14. The van der Waals surface area contributed by atoms with E-state index in [1.165, 1.54) is 24.6 Å². The minimum absolute atomic E-state index is 0.904. The third-order valence-electron chi connectivity index (χ3n) is 3.49. The minimum Gasteiger partial charge on any atom is -0.356 e. The maximum absolute atomic E-state index is 4.79. The second-order valence-electron chi connectivity index (χ2n) is 4.83. The first kappa shape index (κ1) is 12.7. The van der Waals surface area contributed by atoms with Gasteiger partial charge >= 0.3 is 0 Å². The number of aromatic nitrogens is 2. The monoisotopic (exact) mass is 273 g/mol. The number of para-hydroxylation sites is 1. The van der Waals surface area contributed by atoms with Gasteiger partial charge in [-0.2, -0.15) is 0 Å². The Labute approximate surface area is 118 Å². The van der Waals surface area contributed by atoms with Gasteiger partial charge in [0, 0.05) is 18.5 Å². The summed E-state index contributed by atoms with van der Waals surface area (Å²) >= 11 is 1.72. The van der Waals surface area contributed by atoms with Crippen LogP contribution >= 0.6 is 11.8 Å². The first-order valence-electron chi connectivity index (χ1n) is 7.03. The Bertz CT molecular complexity index is 564. The van der Waals surface area contributed by atoms with Crippen LogP contribution in [0.25, 0.3) is 10.9 Å². The van der Waals surface area contributed by atoms with Crippen LogP contribution in [-0.2, 0) is 0 Å². The second kappa shape index (κ2) is 5.78. The Morgan fingerprint density at radius 3 is 2.68 bits per heavy atom. The van der Waals surface area contributed by atoms with Crippen LogP contribution < -0.4 is 4.90 Å². The molecule has 2 heterocycles. The number of fused-ring (bicyclic) bond motifs is 1. The Morgan fingerprint density at radius 1 is 1.11 bits per heavy atom. The van der Waals surface area contributed by atoms with E-state index in [1.54, 1.807) is 11.8 Å². The minimum atomic E-state index is 0.904. The van der Waals surface area contributed by atoms with Crippen LogP contribution in [-0.4, -0.2) is 28.8 Å². The van der Waals surface area contributed by atoms with Gasteiger partial charge in [0.25, 0.3) is 0 Å². The average molecular weight is 273 g/mol. The molecule has 1 aliphatic rings. The molecule has 0 aliphatic carbocycles. The fourth-order valence-electron chi connectivity index (χ4n) is 2.58. The van der Waals surface area contributed by atoms with E-state index < -0.39 is 0 Å². The molecule has 3 rings (SSSR count). The van der Waals surface area contributed by atoms with Crippen molar-refractivity contribution < 1.29 is 0 Å². The summed E-state index contributed by atoms with van der Waals surface area (Å²) < 4.78 is 0. The van der Waals surface area contributed by atoms with Crippen molar-refractivity contribution in [1.82, 2.24) is 9.97 Å². The van der Waals surface area contributed by atoms with Crippen molar-refractivity contribution in [2.24, 2.45) is 0 Å². The van der Waals surface area contributed by atoms with Gasteiger partial charge < -0.3 is 4.90 Å². The number of benzene rings is 1. The van der Waals surface area contributed by atoms with Gasteiger partial charge in [0.05, 0.1) is 5.52 Å². The second-order valence-corrected chi connectivity index (χ2v) is 6.06. The molecule has 0 spiro atoms. The van der Waals surface area contributed by atoms with Gasteiger partial charge in [-0.25, -0.2) is 9.97 Å². The Hall–Kier alpha value is -1.29. The molecule has 0 amide bonds. The molecule has 0 atom stereocenters. The van der Waals surface area contributed by atoms with Crippen LogP contribution in [0.3, 0.4) is 0 Å². The van der Waals surface area contributed by atoms with Crippen molar-refractivity contribution in [3.05, 3.63) is 24.3 Å². The fraction of sp³-hybridized carbons (Fsp3) is 0.467. The smallest absolute Gasteiger partial charge is 0.190 e. The van der Waals surface area contributed by atoms with Crippen molar-refractivity contribution >= 4 is 28.5 Å². The van der Waals surface area contributed by atoms with Crippen LogP contribution in [0.1, 0.15) is 26.2 Å². The molecular weight excluding hydrogens is 254 g/mol. The van der Waals surface area contributed by atoms with E-state index in [4.69, 9.17) is 4.98 Å². The van der Waals surface area contributed by atoms with E-state index in [2.05, 4.69) is 41.1 Å². The third kappa shape index (κ3) is 2.68. The van der Waals surface area contributed by atoms with E-state index in [0.717, 1.165) is 35.3 Å². The molecule has 4 heteroatoms. The summed E-state index contributed by atoms with van der Waals surface area (Å²) in [7, 11) is 0. The number of piperidine rings is 1. The quantitative estimate of drug-likeness (QED) is 0.629. The summed E-state index contributed by atoms with van der Waals surface area (Å²) in [5, 5.41) is 2.09. The fourth-order valence-corrected chi connectivity index (χ4v) is 3.15. The highest BCUT2D eigenvalue weighted by Crippen LogP contribution is 2.28. The zero-order chi connectivity index (χ0) is 13.1. The van der Waals surface area contributed by atoms with E-state index in [-0.39, 0.29) is 0 Å². The van der Waals surface area contributed by atoms with Gasteiger partial charge in [-0.05, 0) is 37.1 Å². The number of nitrogens with zero attached hydrogens (tertiary/aromatic N) is 3. The Balaban J connectivity index is 2.08. The molecule has 1 saturated heterocycles. The van der Waals surface area contributed by atoms with Gasteiger partial charge in [-0.15, -0.1) is 0 Å². The first-order chi connectivity index (χ1) is 9.38. The van der Waals surface area contributed by atoms with Crippen molar-refractivity contribution in [3.63, 3.8) is 0 Å². The molecule has 100 valence electrons. The number of hydrogen-bond acceptors (Lipinski definition) is 4. The van der Waals surface area contributed by atoms with Crippen molar-refractivity contribution in [1.29, 1.82) is 0 Å². The highest BCUT2D eigenvalue weighted by Gasteiger charge is 2.16. The normalized spacial score (nSPS) is 15.9. The highest BCUT2D eigenvalue weighted by molar-refractivity contribution is 7.99. The van der Waals surface area contributed by atoms with Gasteiger partial charge in [0.2, 0.25) is 0 Å². The lowest BCUT2D eigenvalue weighted by Crippen LogP contribution is -2.30. The largest absolute Gasteiger partial charge is 0.356 e. The standard InChI is InChI=1S/C15H19N3S/c1-2-19-15-16-13-9-5-4-8-12(13)14(17-15)18-10-6-3-7-11-18/h4-5,8-9H,2-3,6-7,10-11H2,1H3. The van der Waals surface area contributed by atoms with Gasteiger partial charge in [0.15, 0.2) is 5.16 Å². The van der Waals surface area contributed by atoms with E-state index in [0.29, 0.717) is 0 Å². The van der Waals surface area contributed by atoms with Crippen LogP contribution in [0.4, 0.5) is 5.82 Å². The Kier molecular flexibility index (Phi) is 3.87. The SMILES string of the molecule is CCSc1nc(N2CCCCC2)c2ccccc2n1. The predicted octanol–water partition coefficient (Wildman–Crippen LogP) is 3.73. The van der Waals surface area contributed by atoms with Crippen molar-refractivity contribution in [2.45, 2.75) is 31.3 Å². The van der Waals surface area contributed by atoms with Crippen molar-refractivity contribution in [2.75, 3.05) is 23.7 Å². The molecule has 0 radical (unpaired) electrons. The molecule has 0 unspecified atom stereocenters. The van der Waals surface area contributed by atoms with E-state index in [1.807, 2.05) is 0 Å². The van der Waals surface area contributed by atoms with E-state index >= 15 is 0 Å². The van der Waals surface area contributed by atoms with Crippen LogP contribution in [0.2, 0.25) is 0 Å². The third-order valence-corrected chi connectivity index (χ3v) is 4.22. The zero-order valence-corrected chi connectivity index (χ0v) is 12.1. The summed E-state index contributed by atoms with van der Waals surface area (Å²) in [5.41, 5.74) is 1.06. The summed E-state index contributed by atoms with van der Waals surface area (Å²) in [6.45, 7) is 4.39. The van der Waals surface area contributed by atoms with Crippen LogP contribution in [0, 0.1) is 0 Å². The number of hydrogen-bond donors (Lipinski definition) is 0. The summed E-state index contributed by atoms with van der Waals surface area (Å²) in [4.78, 5) is 11.9. The summed E-state index contributed by atoms with van der Waals surface area (Å²) in [6.07, 6.45) is 3.89. The molecule has 0 N–H and O–H groups in total. The molecule has 19 heavy (non-hydrogen) atoms. The lowest BCUT2D eigenvalue weighted by atomic mass is 10.1. The topological polar surface area (TPSA) is 29.0 Å². The number of thioether (sulfide) groups is 1. The molecule has 2 aromatic rings. The van der Waals surface area contributed by atoms with Crippen LogP contribution in [0.5, 0.6) is 0 Å². The van der Waals surface area contributed by atoms with E-state index in [9.17, 15) is 0 Å². The molecule has 3 nitrogen and oxygen atoms in total. The maximum atomic E-state index is 4.79. The Morgan fingerprint density at radius 2 is 1.89 bits per heavy atom. The predicted molar refractivity (Wildman–Crippen MR) is 82.0 cm³/mol. The molecule has 1 fully saturated rings. The van der Waals surface area contributed by atoms with Crippen molar-refractivity contribution in [3.8, 4) is 0 Å². The maximum Gasteiger partial charge on any atom is 0.190 e. The molecule has 1 aromatic carbocycles. The average Bonchev–Trinajstić information content (AvgIpc) is 2.48. The lowest BCUT2D eigenvalue weighted by Gasteiger charge is -2.28. The highest BCUT2D eigenvalue weighted by atomic mass is 32.2. The lowest BCUT2D eigenvalue weighted by molar-refractivity contribution is 0.573.